The van der Waals surface area contributed by atoms with Crippen LogP contribution in [-0.4, -0.2) is 145 Å². The lowest BCUT2D eigenvalue weighted by Gasteiger charge is -2.30. The molecule has 57 heavy (non-hydrogen) atoms. The average Bonchev–Trinajstić information content (AvgIpc) is 3.43. The second-order valence-corrected chi connectivity index (χ2v) is 14.6. The molecule has 1 fully saturated rings. The highest BCUT2D eigenvalue weighted by atomic mass is 16.4. The molecule has 1 aliphatic heterocycles. The normalized spacial score (nSPS) is 16.0. The lowest BCUT2D eigenvalue weighted by Crippen LogP contribution is -2.63. The molecule has 11 N–H and O–H groups in total. The molecule has 320 valence electrons. The van der Waals surface area contributed by atoms with Gasteiger partial charge >= 0.3 is 23.9 Å². The number of imide groups is 1. The zero-order valence-electron chi connectivity index (χ0n) is 32.6. The number of hydrogen-bond acceptors (Lipinski definition) is 13. The Labute approximate surface area is 327 Å². The van der Waals surface area contributed by atoms with E-state index in [1.165, 1.54) is 6.92 Å². The van der Waals surface area contributed by atoms with E-state index in [1.807, 2.05) is 5.32 Å². The summed E-state index contributed by atoms with van der Waals surface area (Å²) in [4.78, 5) is 138. The zero-order chi connectivity index (χ0) is 43.8. The maximum atomic E-state index is 13.8. The summed E-state index contributed by atoms with van der Waals surface area (Å²) in [6.07, 6.45) is -5.28. The molecule has 0 aromatic rings. The number of nitrogens with zero attached hydrogens (tertiary/aromatic N) is 1. The van der Waals surface area contributed by atoms with Crippen molar-refractivity contribution in [2.75, 3.05) is 6.54 Å². The smallest absolute Gasteiger partial charge is 0.347 e. The van der Waals surface area contributed by atoms with Crippen molar-refractivity contribution in [1.82, 2.24) is 42.1 Å². The van der Waals surface area contributed by atoms with Crippen molar-refractivity contribution in [2.45, 2.75) is 141 Å². The van der Waals surface area contributed by atoms with Crippen LogP contribution < -0.4 is 37.2 Å². The summed E-state index contributed by atoms with van der Waals surface area (Å²) in [6.45, 7) is 8.82. The number of carboxylic acid groups (broad SMARTS) is 4. The van der Waals surface area contributed by atoms with Gasteiger partial charge in [0.05, 0.1) is 12.1 Å². The van der Waals surface area contributed by atoms with E-state index in [0.717, 1.165) is 4.90 Å². The Bertz CT molecular complexity index is 1530. The van der Waals surface area contributed by atoms with Crippen LogP contribution in [0.4, 0.5) is 0 Å². The van der Waals surface area contributed by atoms with Gasteiger partial charge in [-0.3, -0.25) is 52.8 Å². The van der Waals surface area contributed by atoms with E-state index in [4.69, 9.17) is 5.11 Å². The van der Waals surface area contributed by atoms with E-state index in [2.05, 4.69) is 31.9 Å². The average molecular weight is 815 g/mol. The van der Waals surface area contributed by atoms with Gasteiger partial charge in [0.15, 0.2) is 0 Å². The summed E-state index contributed by atoms with van der Waals surface area (Å²) in [6, 6.07) is -7.74. The highest BCUT2D eigenvalue weighted by Crippen LogP contribution is 2.15. The Morgan fingerprint density at radius 3 is 1.44 bits per heavy atom. The molecule has 1 rings (SSSR count). The summed E-state index contributed by atoms with van der Waals surface area (Å²) in [5.74, 6) is -12.3. The molecule has 1 saturated heterocycles. The van der Waals surface area contributed by atoms with Crippen molar-refractivity contribution < 1.29 is 73.2 Å². The molecule has 0 spiro atoms. The van der Waals surface area contributed by atoms with E-state index in [0.29, 0.717) is 0 Å². The number of nitrogens with one attached hydrogen (secondary N) is 7. The van der Waals surface area contributed by atoms with Crippen LogP contribution >= 0.6 is 0 Å². The number of likely N-dealkylation sites (tertiary alicyclic amines) is 1. The first-order chi connectivity index (χ1) is 26.3. The first kappa shape index (κ1) is 49.3. The van der Waals surface area contributed by atoms with E-state index in [9.17, 15) is 68.1 Å². The molecule has 23 nitrogen and oxygen atoms in total. The first-order valence-electron chi connectivity index (χ1n) is 18.1. The molecule has 1 aliphatic rings. The molecule has 0 aromatic carbocycles. The standard InChI is InChI=1S/C34H54N8O15/c1-16(2)36-18(7-12-24(45)46)29(52)39-27(33(56)57)40-30(53)19(8-13-25(47)48)37-32(55)21(15-35-28(51)17(3)42-22(43)10-11-23(42)44)38-31(54)20(9-14-26(49)50)41-34(4,5)6/h16-21,27,36,41H,7-15H2,1-6H3,(H,35,51)(H,37,55)(H,38,54)(H,39,52)(H,40,53)(H,45,46)(H,47,48)(H,49,50)(H,56,57)/t17-,18-,19-,20-,21-,27-/m0/s1. The number of amides is 7. The summed E-state index contributed by atoms with van der Waals surface area (Å²) < 4.78 is 0. The molecular weight excluding hydrogens is 760 g/mol. The van der Waals surface area contributed by atoms with Gasteiger partial charge < -0.3 is 57.6 Å². The Kier molecular flexibility index (Phi) is 19.7. The third-order valence-electron chi connectivity index (χ3n) is 8.14. The molecule has 1 heterocycles. The Hall–Kier alpha value is -5.71. The van der Waals surface area contributed by atoms with Crippen LogP contribution in [0.5, 0.6) is 0 Å². The quantitative estimate of drug-likeness (QED) is 0.0322. The molecule has 0 saturated carbocycles. The number of carbonyl (C=O) groups is 11. The third kappa shape index (κ3) is 18.2. The minimum Gasteiger partial charge on any atom is -0.481 e. The van der Waals surface area contributed by atoms with Gasteiger partial charge in [-0.2, -0.15) is 0 Å². The number of aliphatic carboxylic acids is 4. The number of carboxylic acids is 4. The number of rotatable bonds is 25. The molecule has 23 heteroatoms. The van der Waals surface area contributed by atoms with Crippen LogP contribution in [0, 0.1) is 0 Å². The lowest BCUT2D eigenvalue weighted by atomic mass is 10.0. The summed E-state index contributed by atoms with van der Waals surface area (Å²) in [5.41, 5.74) is -0.756. The predicted molar refractivity (Wildman–Crippen MR) is 194 cm³/mol. The maximum absolute atomic E-state index is 13.8. The fourth-order valence-electron chi connectivity index (χ4n) is 5.45. The Balaban J connectivity index is 3.44. The van der Waals surface area contributed by atoms with Gasteiger partial charge in [-0.1, -0.05) is 13.8 Å². The van der Waals surface area contributed by atoms with Crippen LogP contribution in [0.15, 0.2) is 0 Å². The number of hydrogen-bond donors (Lipinski definition) is 11. The summed E-state index contributed by atoms with van der Waals surface area (Å²) in [7, 11) is 0. The van der Waals surface area contributed by atoms with Crippen molar-refractivity contribution in [3.63, 3.8) is 0 Å². The van der Waals surface area contributed by atoms with E-state index in [-0.39, 0.29) is 31.7 Å². The monoisotopic (exact) mass is 814 g/mol. The molecule has 0 aromatic heterocycles. The highest BCUT2D eigenvalue weighted by Gasteiger charge is 2.38. The fourth-order valence-corrected chi connectivity index (χ4v) is 5.45. The maximum Gasteiger partial charge on any atom is 0.347 e. The van der Waals surface area contributed by atoms with Gasteiger partial charge in [0.1, 0.15) is 18.1 Å². The predicted octanol–water partition coefficient (Wildman–Crippen LogP) is -3.03. The van der Waals surface area contributed by atoms with Gasteiger partial charge in [0, 0.05) is 50.2 Å². The topological polar surface area (TPSA) is 356 Å². The molecule has 0 bridgehead atoms. The zero-order valence-corrected chi connectivity index (χ0v) is 32.6. The van der Waals surface area contributed by atoms with Crippen LogP contribution in [0.1, 0.15) is 92.9 Å². The molecule has 0 radical (unpaired) electrons. The fraction of sp³-hybridized carbons (Fsp3) is 0.676. The van der Waals surface area contributed by atoms with E-state index >= 15 is 0 Å². The minimum atomic E-state index is -2.17. The third-order valence-corrected chi connectivity index (χ3v) is 8.14. The van der Waals surface area contributed by atoms with Crippen LogP contribution in [0.2, 0.25) is 0 Å². The molecular formula is C34H54N8O15. The van der Waals surface area contributed by atoms with Gasteiger partial charge in [-0.25, -0.2) is 4.79 Å². The lowest BCUT2D eigenvalue weighted by molar-refractivity contribution is -0.146. The van der Waals surface area contributed by atoms with Gasteiger partial charge in [0.2, 0.25) is 47.5 Å². The second kappa shape index (κ2) is 22.7. The van der Waals surface area contributed by atoms with Crippen molar-refractivity contribution in [3.8, 4) is 0 Å². The molecule has 0 aliphatic carbocycles. The van der Waals surface area contributed by atoms with Crippen LogP contribution in [0.25, 0.3) is 0 Å². The van der Waals surface area contributed by atoms with Crippen LogP contribution in [0.3, 0.4) is 0 Å². The van der Waals surface area contributed by atoms with Gasteiger partial charge in [-0.05, 0) is 47.0 Å². The second-order valence-electron chi connectivity index (χ2n) is 14.6. The Morgan fingerprint density at radius 1 is 0.596 bits per heavy atom. The number of carbonyl (C=O) groups excluding carboxylic acids is 7. The summed E-state index contributed by atoms with van der Waals surface area (Å²) >= 11 is 0. The van der Waals surface area contributed by atoms with Gasteiger partial charge in [0.25, 0.3) is 0 Å². The van der Waals surface area contributed by atoms with Crippen molar-refractivity contribution in [2.24, 2.45) is 0 Å². The molecule has 0 unspecified atom stereocenters. The van der Waals surface area contributed by atoms with Crippen molar-refractivity contribution >= 4 is 65.2 Å². The van der Waals surface area contributed by atoms with Crippen molar-refractivity contribution in [1.29, 1.82) is 0 Å². The molecule has 6 atom stereocenters. The SMILES string of the molecule is CC(C)N[C@@H](CCC(=O)O)C(=O)N[C@@H](NC(=O)[C@H](CCC(=O)O)NC(=O)[C@H](CNC(=O)[C@H](C)N1C(=O)CCC1=O)NC(=O)[C@H](CCC(=O)O)NC(C)(C)C)C(=O)O. The van der Waals surface area contributed by atoms with E-state index in [1.54, 1.807) is 34.6 Å². The minimum absolute atomic E-state index is 0.123. The molecule has 7 amide bonds. The van der Waals surface area contributed by atoms with Gasteiger partial charge in [-0.15, -0.1) is 0 Å². The van der Waals surface area contributed by atoms with E-state index < -0.39 is 139 Å². The van der Waals surface area contributed by atoms with Crippen LogP contribution in [-0.2, 0) is 52.7 Å². The first-order valence-corrected chi connectivity index (χ1v) is 18.1. The highest BCUT2D eigenvalue weighted by molar-refractivity contribution is 6.05. The Morgan fingerprint density at radius 2 is 1.00 bits per heavy atom. The largest absolute Gasteiger partial charge is 0.481 e. The summed E-state index contributed by atoms with van der Waals surface area (Å²) in [5, 5.41) is 54.2. The van der Waals surface area contributed by atoms with Crippen molar-refractivity contribution in [3.05, 3.63) is 0 Å².